The van der Waals surface area contributed by atoms with Crippen molar-refractivity contribution in [3.8, 4) is 0 Å². The summed E-state index contributed by atoms with van der Waals surface area (Å²) < 4.78 is 5.89. The molecule has 3 atom stereocenters. The average molecular weight is 227 g/mol. The molecule has 1 spiro atoms. The van der Waals surface area contributed by atoms with Crippen LogP contribution < -0.4 is 0 Å². The highest BCUT2D eigenvalue weighted by molar-refractivity contribution is 4.98. The summed E-state index contributed by atoms with van der Waals surface area (Å²) in [5, 5.41) is 19.2. The van der Waals surface area contributed by atoms with Gasteiger partial charge in [0.1, 0.15) is 0 Å². The Labute approximate surface area is 96.2 Å². The summed E-state index contributed by atoms with van der Waals surface area (Å²) in [6.45, 7) is 2.09. The Morgan fingerprint density at radius 2 is 1.81 bits per heavy atom. The minimum absolute atomic E-state index is 0.154. The topological polar surface area (TPSA) is 52.9 Å². The van der Waals surface area contributed by atoms with Gasteiger partial charge in [-0.1, -0.05) is 0 Å². The molecular formula is C12H21NO3. The highest BCUT2D eigenvalue weighted by atomic mass is 16.5. The van der Waals surface area contributed by atoms with E-state index in [1.54, 1.807) is 0 Å². The van der Waals surface area contributed by atoms with E-state index in [0.29, 0.717) is 19.1 Å². The van der Waals surface area contributed by atoms with Gasteiger partial charge in [-0.25, -0.2) is 0 Å². The second-order valence-corrected chi connectivity index (χ2v) is 5.62. The maximum Gasteiger partial charge on any atom is 0.0938 e. The number of likely N-dealkylation sites (tertiary alicyclic amines) is 1. The standard InChI is InChI=1S/C12H21NO3/c14-10-7-13(8-11(10)15)9-2-5-16-12(6-9)3-1-4-12/h9-11,14-15H,1-8H2/t9?,10-,11+. The van der Waals surface area contributed by atoms with Crippen molar-refractivity contribution in [2.75, 3.05) is 19.7 Å². The van der Waals surface area contributed by atoms with Crippen molar-refractivity contribution >= 4 is 0 Å². The van der Waals surface area contributed by atoms with Crippen LogP contribution in [-0.4, -0.2) is 58.7 Å². The van der Waals surface area contributed by atoms with Crippen LogP contribution in [0.15, 0.2) is 0 Å². The van der Waals surface area contributed by atoms with Crippen molar-refractivity contribution in [3.63, 3.8) is 0 Å². The second kappa shape index (κ2) is 3.95. The number of β-amino-alcohol motifs (C(OH)–C–C–N with tert-alkyl or cyclic N) is 2. The third-order valence-electron chi connectivity index (χ3n) is 4.54. The van der Waals surface area contributed by atoms with Gasteiger partial charge in [-0.05, 0) is 32.1 Å². The van der Waals surface area contributed by atoms with Gasteiger partial charge in [0, 0.05) is 25.7 Å². The molecule has 2 aliphatic heterocycles. The molecule has 4 heteroatoms. The molecule has 3 aliphatic rings. The lowest BCUT2D eigenvalue weighted by Gasteiger charge is -2.49. The van der Waals surface area contributed by atoms with Gasteiger partial charge < -0.3 is 14.9 Å². The smallest absolute Gasteiger partial charge is 0.0938 e. The van der Waals surface area contributed by atoms with Crippen molar-refractivity contribution in [1.82, 2.24) is 4.90 Å². The number of rotatable bonds is 1. The molecule has 0 aromatic heterocycles. The van der Waals surface area contributed by atoms with Crippen molar-refractivity contribution in [2.45, 2.75) is 56.0 Å². The van der Waals surface area contributed by atoms with Crippen LogP contribution in [0.25, 0.3) is 0 Å². The maximum atomic E-state index is 9.58. The third kappa shape index (κ3) is 1.78. The van der Waals surface area contributed by atoms with E-state index in [-0.39, 0.29) is 5.60 Å². The lowest BCUT2D eigenvalue weighted by Crippen LogP contribution is -2.51. The fraction of sp³-hybridized carbons (Fsp3) is 1.00. The number of hydrogen-bond acceptors (Lipinski definition) is 4. The van der Waals surface area contributed by atoms with Crippen LogP contribution in [0, 0.1) is 0 Å². The SMILES string of the molecule is O[C@@H]1CN(C2CCOC3(CCC3)C2)C[C@@H]1O. The van der Waals surface area contributed by atoms with Gasteiger partial charge in [0.25, 0.3) is 0 Å². The van der Waals surface area contributed by atoms with Crippen LogP contribution >= 0.6 is 0 Å². The van der Waals surface area contributed by atoms with Crippen LogP contribution in [0.5, 0.6) is 0 Å². The van der Waals surface area contributed by atoms with Crippen LogP contribution in [0.2, 0.25) is 0 Å². The molecule has 16 heavy (non-hydrogen) atoms. The van der Waals surface area contributed by atoms with E-state index >= 15 is 0 Å². The average Bonchev–Trinajstić information content (AvgIpc) is 2.57. The summed E-state index contributed by atoms with van der Waals surface area (Å²) in [5.74, 6) is 0. The molecule has 1 unspecified atom stereocenters. The van der Waals surface area contributed by atoms with E-state index in [4.69, 9.17) is 4.74 Å². The first kappa shape index (κ1) is 11.0. The highest BCUT2D eigenvalue weighted by Crippen LogP contribution is 2.43. The minimum atomic E-state index is -0.555. The zero-order valence-electron chi connectivity index (χ0n) is 9.64. The van der Waals surface area contributed by atoms with Crippen LogP contribution in [-0.2, 0) is 4.74 Å². The first-order chi connectivity index (χ1) is 7.69. The number of ether oxygens (including phenoxy) is 1. The van der Waals surface area contributed by atoms with Crippen molar-refractivity contribution in [2.24, 2.45) is 0 Å². The van der Waals surface area contributed by atoms with Crippen LogP contribution in [0.3, 0.4) is 0 Å². The Morgan fingerprint density at radius 3 is 2.38 bits per heavy atom. The first-order valence-corrected chi connectivity index (χ1v) is 6.43. The number of hydrogen-bond donors (Lipinski definition) is 2. The summed E-state index contributed by atoms with van der Waals surface area (Å²) in [6, 6.07) is 0.501. The number of nitrogens with zero attached hydrogens (tertiary/aromatic N) is 1. The Balaban J connectivity index is 1.62. The third-order valence-corrected chi connectivity index (χ3v) is 4.54. The van der Waals surface area contributed by atoms with Crippen molar-refractivity contribution in [1.29, 1.82) is 0 Å². The molecule has 0 radical (unpaired) electrons. The van der Waals surface area contributed by atoms with Gasteiger partial charge in [-0.3, -0.25) is 4.90 Å². The Bertz CT molecular complexity index is 257. The summed E-state index contributed by atoms with van der Waals surface area (Å²) in [4.78, 5) is 2.25. The molecular weight excluding hydrogens is 206 g/mol. The predicted octanol–water partition coefficient (Wildman–Crippen LogP) is 0.126. The molecule has 0 bridgehead atoms. The Kier molecular flexibility index (Phi) is 2.70. The summed E-state index contributed by atoms with van der Waals surface area (Å²) in [7, 11) is 0. The molecule has 2 N–H and O–H groups in total. The van der Waals surface area contributed by atoms with E-state index in [1.165, 1.54) is 19.3 Å². The highest BCUT2D eigenvalue weighted by Gasteiger charge is 2.45. The molecule has 1 aliphatic carbocycles. The maximum absolute atomic E-state index is 9.58. The lowest BCUT2D eigenvalue weighted by atomic mass is 9.73. The van der Waals surface area contributed by atoms with E-state index < -0.39 is 12.2 Å². The minimum Gasteiger partial charge on any atom is -0.389 e. The molecule has 0 amide bonds. The first-order valence-electron chi connectivity index (χ1n) is 6.43. The van der Waals surface area contributed by atoms with Gasteiger partial charge in [-0.15, -0.1) is 0 Å². The van der Waals surface area contributed by atoms with E-state index in [9.17, 15) is 10.2 Å². The fourth-order valence-corrected chi connectivity index (χ4v) is 3.33. The van der Waals surface area contributed by atoms with Gasteiger partial charge in [0.05, 0.1) is 17.8 Å². The molecule has 1 saturated carbocycles. The van der Waals surface area contributed by atoms with Gasteiger partial charge in [-0.2, -0.15) is 0 Å². The zero-order chi connectivity index (χ0) is 11.2. The van der Waals surface area contributed by atoms with Gasteiger partial charge in [0.2, 0.25) is 0 Å². The summed E-state index contributed by atoms with van der Waals surface area (Å²) in [6.07, 6.45) is 4.71. The monoisotopic (exact) mass is 227 g/mol. The van der Waals surface area contributed by atoms with Crippen molar-refractivity contribution in [3.05, 3.63) is 0 Å². The quantitative estimate of drug-likeness (QED) is 0.668. The van der Waals surface area contributed by atoms with E-state index in [1.807, 2.05) is 0 Å². The summed E-state index contributed by atoms with van der Waals surface area (Å²) in [5.41, 5.74) is 0.154. The molecule has 2 heterocycles. The Hall–Kier alpha value is -0.160. The second-order valence-electron chi connectivity index (χ2n) is 5.62. The Morgan fingerprint density at radius 1 is 1.12 bits per heavy atom. The molecule has 3 rings (SSSR count). The number of aliphatic hydroxyl groups is 2. The molecule has 4 nitrogen and oxygen atoms in total. The molecule has 2 saturated heterocycles. The van der Waals surface area contributed by atoms with E-state index in [2.05, 4.69) is 4.90 Å². The lowest BCUT2D eigenvalue weighted by molar-refractivity contribution is -0.147. The van der Waals surface area contributed by atoms with Gasteiger partial charge in [0.15, 0.2) is 0 Å². The normalized spacial score (nSPS) is 43.5. The van der Waals surface area contributed by atoms with E-state index in [0.717, 1.165) is 19.4 Å². The summed E-state index contributed by atoms with van der Waals surface area (Å²) >= 11 is 0. The largest absolute Gasteiger partial charge is 0.389 e. The fourth-order valence-electron chi connectivity index (χ4n) is 3.33. The molecule has 0 aromatic rings. The molecule has 92 valence electrons. The zero-order valence-corrected chi connectivity index (χ0v) is 9.64. The molecule has 3 fully saturated rings. The molecule has 0 aromatic carbocycles. The van der Waals surface area contributed by atoms with Crippen LogP contribution in [0.4, 0.5) is 0 Å². The van der Waals surface area contributed by atoms with Crippen molar-refractivity contribution < 1.29 is 14.9 Å². The number of aliphatic hydroxyl groups excluding tert-OH is 2. The predicted molar refractivity (Wildman–Crippen MR) is 59.1 cm³/mol. The van der Waals surface area contributed by atoms with Gasteiger partial charge >= 0.3 is 0 Å². The van der Waals surface area contributed by atoms with Crippen LogP contribution in [0.1, 0.15) is 32.1 Å².